The first kappa shape index (κ1) is 17.2. The number of ether oxygens (including phenoxy) is 1. The second kappa shape index (κ2) is 7.84. The van der Waals surface area contributed by atoms with Gasteiger partial charge >= 0.3 is 6.36 Å². The van der Waals surface area contributed by atoms with Crippen LogP contribution in [-0.4, -0.2) is 6.36 Å². The van der Waals surface area contributed by atoms with E-state index in [0.717, 1.165) is 16.7 Å². The van der Waals surface area contributed by atoms with Crippen LogP contribution in [0.4, 0.5) is 13.2 Å². The zero-order valence-electron chi connectivity index (χ0n) is 12.4. The van der Waals surface area contributed by atoms with Gasteiger partial charge in [-0.15, -0.1) is 13.2 Å². The quantitative estimate of drug-likeness (QED) is 0.703. The van der Waals surface area contributed by atoms with Crippen molar-refractivity contribution in [2.24, 2.45) is 0 Å². The molecule has 2 rings (SSSR count). The number of alkyl halides is 3. The molecule has 2 aromatic carbocycles. The van der Waals surface area contributed by atoms with Gasteiger partial charge in [0.2, 0.25) is 0 Å². The number of benzene rings is 2. The van der Waals surface area contributed by atoms with Crippen molar-refractivity contribution in [2.75, 3.05) is 0 Å². The summed E-state index contributed by atoms with van der Waals surface area (Å²) in [6.45, 7) is 5.51. The van der Waals surface area contributed by atoms with Gasteiger partial charge in [-0.05, 0) is 29.7 Å². The van der Waals surface area contributed by atoms with Gasteiger partial charge in [-0.1, -0.05) is 61.9 Å². The van der Waals surface area contributed by atoms with Crippen LogP contribution in [0.15, 0.2) is 48.5 Å². The van der Waals surface area contributed by atoms with E-state index in [1.807, 2.05) is 51.1 Å². The van der Waals surface area contributed by atoms with E-state index in [2.05, 4.69) is 4.74 Å². The number of aryl methyl sites for hydroxylation is 1. The Morgan fingerprint density at radius 3 is 2.10 bits per heavy atom. The van der Waals surface area contributed by atoms with Crippen LogP contribution in [-0.2, 0) is 11.3 Å². The lowest BCUT2D eigenvalue weighted by Gasteiger charge is -2.09. The Labute approximate surface area is 123 Å². The maximum atomic E-state index is 12.0. The van der Waals surface area contributed by atoms with Gasteiger partial charge in [0.05, 0.1) is 6.61 Å². The molecule has 114 valence electrons. The van der Waals surface area contributed by atoms with Gasteiger partial charge < -0.3 is 0 Å². The van der Waals surface area contributed by atoms with E-state index in [0.29, 0.717) is 5.56 Å². The minimum absolute atomic E-state index is 0.469. The van der Waals surface area contributed by atoms with Crippen molar-refractivity contribution in [3.8, 4) is 11.1 Å². The molecule has 21 heavy (non-hydrogen) atoms. The summed E-state index contributed by atoms with van der Waals surface area (Å²) in [6, 6.07) is 14.7. The highest BCUT2D eigenvalue weighted by atomic mass is 19.4. The van der Waals surface area contributed by atoms with Crippen LogP contribution < -0.4 is 0 Å². The maximum Gasteiger partial charge on any atom is 0.522 e. The Balaban J connectivity index is 0.00000106. The molecule has 0 aliphatic heterocycles. The second-order valence-corrected chi connectivity index (χ2v) is 4.30. The summed E-state index contributed by atoms with van der Waals surface area (Å²) in [7, 11) is 0. The molecule has 0 saturated heterocycles. The summed E-state index contributed by atoms with van der Waals surface area (Å²) >= 11 is 0. The molecule has 0 fully saturated rings. The van der Waals surface area contributed by atoms with Crippen LogP contribution in [0.25, 0.3) is 11.1 Å². The number of halogens is 3. The Kier molecular flexibility index (Phi) is 6.43. The lowest BCUT2D eigenvalue weighted by atomic mass is 10.0. The van der Waals surface area contributed by atoms with Gasteiger partial charge in [0, 0.05) is 0 Å². The van der Waals surface area contributed by atoms with Crippen LogP contribution in [0.3, 0.4) is 0 Å². The molecule has 4 heteroatoms. The fourth-order valence-corrected chi connectivity index (χ4v) is 1.75. The van der Waals surface area contributed by atoms with Gasteiger partial charge in [-0.3, -0.25) is 4.74 Å². The predicted molar refractivity (Wildman–Crippen MR) is 78.8 cm³/mol. The maximum absolute atomic E-state index is 12.0. The molecule has 0 unspecified atom stereocenters. The van der Waals surface area contributed by atoms with E-state index in [-0.39, 0.29) is 0 Å². The van der Waals surface area contributed by atoms with Crippen LogP contribution in [0.5, 0.6) is 0 Å². The van der Waals surface area contributed by atoms with Crippen molar-refractivity contribution in [1.82, 2.24) is 0 Å². The average molecular weight is 296 g/mol. The minimum Gasteiger partial charge on any atom is -0.287 e. The van der Waals surface area contributed by atoms with E-state index in [9.17, 15) is 13.2 Å². The largest absolute Gasteiger partial charge is 0.522 e. The van der Waals surface area contributed by atoms with Gasteiger partial charge in [0.15, 0.2) is 0 Å². The topological polar surface area (TPSA) is 9.23 Å². The Morgan fingerprint density at radius 2 is 1.52 bits per heavy atom. The number of hydrogen-bond acceptors (Lipinski definition) is 1. The van der Waals surface area contributed by atoms with Crippen LogP contribution in [0, 0.1) is 6.92 Å². The molecular formula is C17H19F3O. The molecule has 0 bridgehead atoms. The van der Waals surface area contributed by atoms with Crippen molar-refractivity contribution >= 4 is 0 Å². The van der Waals surface area contributed by atoms with E-state index < -0.39 is 13.0 Å². The monoisotopic (exact) mass is 296 g/mol. The third kappa shape index (κ3) is 6.00. The second-order valence-electron chi connectivity index (χ2n) is 4.30. The highest BCUT2D eigenvalue weighted by molar-refractivity contribution is 5.64. The molecule has 0 amide bonds. The Morgan fingerprint density at radius 1 is 0.905 bits per heavy atom. The zero-order chi connectivity index (χ0) is 15.9. The van der Waals surface area contributed by atoms with Crippen molar-refractivity contribution in [1.29, 1.82) is 0 Å². The highest BCUT2D eigenvalue weighted by Gasteiger charge is 2.28. The molecular weight excluding hydrogens is 277 g/mol. The van der Waals surface area contributed by atoms with Gasteiger partial charge in [0.25, 0.3) is 0 Å². The summed E-state index contributed by atoms with van der Waals surface area (Å²) < 4.78 is 39.8. The summed E-state index contributed by atoms with van der Waals surface area (Å²) in [5.41, 5.74) is 3.48. The van der Waals surface area contributed by atoms with Crippen molar-refractivity contribution < 1.29 is 17.9 Å². The molecule has 0 aromatic heterocycles. The molecule has 0 saturated carbocycles. The predicted octanol–water partition coefficient (Wildman–Crippen LogP) is 5.72. The summed E-state index contributed by atoms with van der Waals surface area (Å²) in [5.74, 6) is 0. The molecule has 0 N–H and O–H groups in total. The van der Waals surface area contributed by atoms with Crippen molar-refractivity contribution in [3.05, 3.63) is 59.7 Å². The van der Waals surface area contributed by atoms with Crippen LogP contribution >= 0.6 is 0 Å². The Bertz CT molecular complexity index is 545. The summed E-state index contributed by atoms with van der Waals surface area (Å²) in [4.78, 5) is 0. The van der Waals surface area contributed by atoms with E-state index in [1.165, 1.54) is 0 Å². The first-order chi connectivity index (χ1) is 9.94. The standard InChI is InChI=1S/C15H13F3O.C2H6/c1-11-5-7-13(8-6-11)14-4-2-3-12(9-14)10-19-15(16,17)18;1-2/h2-9H,10H2,1H3;1-2H3. The van der Waals surface area contributed by atoms with Crippen molar-refractivity contribution in [3.63, 3.8) is 0 Å². The summed E-state index contributed by atoms with van der Waals surface area (Å²) in [5, 5.41) is 0. The zero-order valence-corrected chi connectivity index (χ0v) is 12.4. The first-order valence-electron chi connectivity index (χ1n) is 6.81. The lowest BCUT2D eigenvalue weighted by Crippen LogP contribution is -2.12. The first-order valence-corrected chi connectivity index (χ1v) is 6.81. The van der Waals surface area contributed by atoms with Gasteiger partial charge in [-0.2, -0.15) is 0 Å². The molecule has 0 atom stereocenters. The number of rotatable bonds is 3. The van der Waals surface area contributed by atoms with E-state index in [1.54, 1.807) is 18.2 Å². The highest BCUT2D eigenvalue weighted by Crippen LogP contribution is 2.23. The fraction of sp³-hybridized carbons (Fsp3) is 0.294. The van der Waals surface area contributed by atoms with E-state index >= 15 is 0 Å². The van der Waals surface area contributed by atoms with Crippen LogP contribution in [0.1, 0.15) is 25.0 Å². The summed E-state index contributed by atoms with van der Waals surface area (Å²) in [6.07, 6.45) is -4.60. The molecule has 0 aliphatic carbocycles. The molecule has 0 radical (unpaired) electrons. The van der Waals surface area contributed by atoms with E-state index in [4.69, 9.17) is 0 Å². The molecule has 1 nitrogen and oxygen atoms in total. The fourth-order valence-electron chi connectivity index (χ4n) is 1.75. The molecule has 0 aliphatic rings. The third-order valence-corrected chi connectivity index (χ3v) is 2.71. The third-order valence-electron chi connectivity index (χ3n) is 2.71. The van der Waals surface area contributed by atoms with Gasteiger partial charge in [-0.25, -0.2) is 0 Å². The Hall–Kier alpha value is -1.81. The van der Waals surface area contributed by atoms with Crippen LogP contribution in [0.2, 0.25) is 0 Å². The molecule has 0 heterocycles. The smallest absolute Gasteiger partial charge is 0.287 e. The number of hydrogen-bond donors (Lipinski definition) is 0. The van der Waals surface area contributed by atoms with Crippen molar-refractivity contribution in [2.45, 2.75) is 33.7 Å². The molecule has 0 spiro atoms. The normalized spacial score (nSPS) is 10.8. The molecule has 2 aromatic rings. The lowest BCUT2D eigenvalue weighted by molar-refractivity contribution is -0.330. The average Bonchev–Trinajstić information content (AvgIpc) is 2.48. The van der Waals surface area contributed by atoms with Gasteiger partial charge in [0.1, 0.15) is 0 Å². The SMILES string of the molecule is CC.Cc1ccc(-c2cccc(COC(F)(F)F)c2)cc1. The minimum atomic E-state index is -4.60.